The van der Waals surface area contributed by atoms with E-state index in [1.165, 1.54) is 32.7 Å². The van der Waals surface area contributed by atoms with Crippen molar-refractivity contribution in [2.24, 2.45) is 0 Å². The van der Waals surface area contributed by atoms with Gasteiger partial charge >= 0.3 is 0 Å². The maximum atomic E-state index is 5.13. The Morgan fingerprint density at radius 3 is 1.23 bits per heavy atom. The number of fused-ring (bicyclic) bond motifs is 3. The van der Waals surface area contributed by atoms with Crippen LogP contribution in [-0.2, 0) is 0 Å². The Labute approximate surface area is 278 Å². The summed E-state index contributed by atoms with van der Waals surface area (Å²) in [5, 5.41) is 4.82. The van der Waals surface area contributed by atoms with E-state index in [4.69, 9.17) is 15.0 Å². The van der Waals surface area contributed by atoms with Crippen LogP contribution in [0.3, 0.4) is 0 Å². The molecule has 0 spiro atoms. The van der Waals surface area contributed by atoms with Crippen LogP contribution in [0.25, 0.3) is 88.5 Å². The molecule has 0 aliphatic rings. The highest BCUT2D eigenvalue weighted by Crippen LogP contribution is 2.44. The average molecular weight is 612 g/mol. The Hall–Kier alpha value is -6.45. The monoisotopic (exact) mass is 611 g/mol. The van der Waals surface area contributed by atoms with Crippen LogP contribution in [0.1, 0.15) is 0 Å². The summed E-state index contributed by atoms with van der Waals surface area (Å²) in [6.07, 6.45) is 3.94. The minimum Gasteiger partial charge on any atom is -0.263 e. The molecule has 0 radical (unpaired) electrons. The average Bonchev–Trinajstić information content (AvgIpc) is 3.17. The van der Waals surface area contributed by atoms with Gasteiger partial charge in [-0.3, -0.25) is 4.98 Å². The third-order valence-electron chi connectivity index (χ3n) is 9.13. The van der Waals surface area contributed by atoms with Crippen LogP contribution in [0.4, 0.5) is 0 Å². The fraction of sp³-hybridized carbons (Fsp3) is 0. The first-order valence-corrected chi connectivity index (χ1v) is 16.2. The van der Waals surface area contributed by atoms with E-state index in [0.29, 0.717) is 0 Å². The molecular weight excluding hydrogens is 583 g/mol. The van der Waals surface area contributed by atoms with Gasteiger partial charge in [0.25, 0.3) is 0 Å². The third-order valence-corrected chi connectivity index (χ3v) is 9.13. The zero-order valence-electron chi connectivity index (χ0n) is 26.1. The molecule has 3 nitrogen and oxygen atoms in total. The second-order valence-electron chi connectivity index (χ2n) is 12.0. The van der Waals surface area contributed by atoms with Gasteiger partial charge in [0.05, 0.1) is 22.4 Å². The van der Waals surface area contributed by atoms with E-state index in [1.807, 2.05) is 60.9 Å². The predicted octanol–water partition coefficient (Wildman–Crippen LogP) is 11.7. The minimum atomic E-state index is 0.877. The van der Waals surface area contributed by atoms with Crippen LogP contribution in [0.2, 0.25) is 0 Å². The van der Waals surface area contributed by atoms with Gasteiger partial charge in [-0.25, -0.2) is 9.97 Å². The van der Waals surface area contributed by atoms with Gasteiger partial charge in [-0.15, -0.1) is 0 Å². The number of para-hydroxylation sites is 2. The molecule has 0 saturated carbocycles. The molecule has 0 N–H and O–H groups in total. The Bertz CT molecular complexity index is 2540. The van der Waals surface area contributed by atoms with Gasteiger partial charge < -0.3 is 0 Å². The number of benzene rings is 7. The molecule has 0 aliphatic heterocycles. The first-order valence-electron chi connectivity index (χ1n) is 16.2. The molecule has 2 heterocycles. The molecule has 9 aromatic rings. The molecule has 0 amide bonds. The van der Waals surface area contributed by atoms with Crippen LogP contribution < -0.4 is 0 Å². The molecule has 3 heteroatoms. The van der Waals surface area contributed by atoms with Crippen molar-refractivity contribution < 1.29 is 0 Å². The number of aromatic nitrogens is 3. The van der Waals surface area contributed by atoms with Crippen molar-refractivity contribution in [1.29, 1.82) is 0 Å². The van der Waals surface area contributed by atoms with Gasteiger partial charge in [0, 0.05) is 34.6 Å². The molecule has 7 aromatic carbocycles. The van der Waals surface area contributed by atoms with Gasteiger partial charge in [-0.05, 0) is 62.0 Å². The topological polar surface area (TPSA) is 38.7 Å². The van der Waals surface area contributed by atoms with Gasteiger partial charge in [0.2, 0.25) is 0 Å². The summed E-state index contributed by atoms with van der Waals surface area (Å²) < 4.78 is 0. The van der Waals surface area contributed by atoms with E-state index in [-0.39, 0.29) is 0 Å². The number of hydrogen-bond donors (Lipinski definition) is 0. The Morgan fingerprint density at radius 2 is 0.688 bits per heavy atom. The van der Waals surface area contributed by atoms with Gasteiger partial charge in [0.15, 0.2) is 0 Å². The summed E-state index contributed by atoms with van der Waals surface area (Å²) in [5.74, 6) is 0. The van der Waals surface area contributed by atoms with Crippen LogP contribution in [0, 0.1) is 0 Å². The lowest BCUT2D eigenvalue weighted by molar-refractivity contribution is 1.29. The summed E-state index contributed by atoms with van der Waals surface area (Å²) in [6, 6.07) is 57.4. The highest BCUT2D eigenvalue weighted by atomic mass is 14.8. The molecule has 224 valence electrons. The lowest BCUT2D eigenvalue weighted by atomic mass is 9.85. The predicted molar refractivity (Wildman–Crippen MR) is 200 cm³/mol. The molecule has 48 heavy (non-hydrogen) atoms. The standard InChI is InChI=1S/C45H29N3/c1-3-13-30(14-4-1)34-27-35(29-46-28-34)43-38-19-9-7-17-36(38)42(37-18-8-10-20-39(37)43)31-23-25-33(26-24-31)45-44(32-15-5-2-6-16-32)47-40-21-11-12-22-41(40)48-45/h1-29H. The third kappa shape index (κ3) is 4.81. The minimum absolute atomic E-state index is 0.877. The summed E-state index contributed by atoms with van der Waals surface area (Å²) in [5.41, 5.74) is 12.6. The van der Waals surface area contributed by atoms with Crippen molar-refractivity contribution in [1.82, 2.24) is 15.0 Å². The van der Waals surface area contributed by atoms with E-state index < -0.39 is 0 Å². The largest absolute Gasteiger partial charge is 0.263 e. The highest BCUT2D eigenvalue weighted by molar-refractivity contribution is 6.21. The maximum Gasteiger partial charge on any atom is 0.0973 e. The van der Waals surface area contributed by atoms with Crippen molar-refractivity contribution in [2.75, 3.05) is 0 Å². The zero-order valence-corrected chi connectivity index (χ0v) is 26.1. The molecule has 2 aromatic heterocycles. The SMILES string of the molecule is c1ccc(-c2cncc(-c3c4ccccc4c(-c4ccc(-c5nc6ccccc6nc5-c5ccccc5)cc4)c4ccccc34)c2)cc1. The first kappa shape index (κ1) is 27.8. The van der Waals surface area contributed by atoms with E-state index in [0.717, 1.165) is 55.8 Å². The summed E-state index contributed by atoms with van der Waals surface area (Å²) in [4.78, 5) is 14.9. The molecule has 0 bridgehead atoms. The summed E-state index contributed by atoms with van der Waals surface area (Å²) in [7, 11) is 0. The van der Waals surface area contributed by atoms with Crippen molar-refractivity contribution in [3.05, 3.63) is 176 Å². The number of nitrogens with zero attached hydrogens (tertiary/aromatic N) is 3. The van der Waals surface area contributed by atoms with E-state index in [1.54, 1.807) is 0 Å². The highest BCUT2D eigenvalue weighted by Gasteiger charge is 2.18. The molecular formula is C45H29N3. The molecule has 9 rings (SSSR count). The Balaban J connectivity index is 1.22. The smallest absolute Gasteiger partial charge is 0.0973 e. The number of pyridine rings is 1. The van der Waals surface area contributed by atoms with Crippen molar-refractivity contribution in [3.63, 3.8) is 0 Å². The number of rotatable bonds is 5. The quantitative estimate of drug-likeness (QED) is 0.182. The van der Waals surface area contributed by atoms with Gasteiger partial charge in [0.1, 0.15) is 0 Å². The van der Waals surface area contributed by atoms with Gasteiger partial charge in [-0.1, -0.05) is 146 Å². The summed E-state index contributed by atoms with van der Waals surface area (Å²) in [6.45, 7) is 0. The first-order chi connectivity index (χ1) is 23.8. The Morgan fingerprint density at radius 1 is 0.292 bits per heavy atom. The van der Waals surface area contributed by atoms with Crippen LogP contribution in [0.15, 0.2) is 176 Å². The molecule has 0 atom stereocenters. The summed E-state index contributed by atoms with van der Waals surface area (Å²) >= 11 is 0. The fourth-order valence-corrected chi connectivity index (χ4v) is 6.91. The van der Waals surface area contributed by atoms with Gasteiger partial charge in [-0.2, -0.15) is 0 Å². The van der Waals surface area contributed by atoms with E-state index in [2.05, 4.69) is 115 Å². The van der Waals surface area contributed by atoms with Crippen molar-refractivity contribution in [2.45, 2.75) is 0 Å². The molecule has 0 fully saturated rings. The van der Waals surface area contributed by atoms with Crippen LogP contribution in [0.5, 0.6) is 0 Å². The molecule has 0 aliphatic carbocycles. The molecule has 0 unspecified atom stereocenters. The second-order valence-corrected chi connectivity index (χ2v) is 12.0. The van der Waals surface area contributed by atoms with Crippen LogP contribution >= 0.6 is 0 Å². The van der Waals surface area contributed by atoms with E-state index in [9.17, 15) is 0 Å². The maximum absolute atomic E-state index is 5.13. The lowest BCUT2D eigenvalue weighted by Crippen LogP contribution is -1.95. The zero-order chi connectivity index (χ0) is 31.9. The van der Waals surface area contributed by atoms with E-state index >= 15 is 0 Å². The number of hydrogen-bond acceptors (Lipinski definition) is 3. The fourth-order valence-electron chi connectivity index (χ4n) is 6.91. The lowest BCUT2D eigenvalue weighted by Gasteiger charge is -2.18. The molecule has 0 saturated heterocycles. The normalized spacial score (nSPS) is 11.3. The second kappa shape index (κ2) is 11.7. The van der Waals surface area contributed by atoms with Crippen LogP contribution in [-0.4, -0.2) is 15.0 Å². The Kier molecular flexibility index (Phi) is 6.80. The van der Waals surface area contributed by atoms with Crippen molar-refractivity contribution in [3.8, 4) is 55.9 Å². The van der Waals surface area contributed by atoms with Crippen molar-refractivity contribution >= 4 is 32.6 Å².